The third kappa shape index (κ3) is 7.40. The Morgan fingerprint density at radius 1 is 1.00 bits per heavy atom. The third-order valence-electron chi connectivity index (χ3n) is 7.26. The van der Waals surface area contributed by atoms with E-state index in [0.29, 0.717) is 19.4 Å². The van der Waals surface area contributed by atoms with Crippen LogP contribution in [0, 0.1) is 17.3 Å². The van der Waals surface area contributed by atoms with Crippen LogP contribution < -0.4 is 21.3 Å². The first-order valence-electron chi connectivity index (χ1n) is 13.3. The second kappa shape index (κ2) is 11.0. The number of rotatable bonds is 11. The van der Waals surface area contributed by atoms with Crippen molar-refractivity contribution < 1.29 is 24.0 Å². The van der Waals surface area contributed by atoms with Crippen LogP contribution in [-0.4, -0.2) is 54.1 Å². The van der Waals surface area contributed by atoms with E-state index in [1.54, 1.807) is 0 Å². The van der Waals surface area contributed by atoms with Crippen LogP contribution >= 0.6 is 0 Å². The smallest absolute Gasteiger partial charge is 0.289 e. The number of carbonyl (C=O) groups is 5. The molecule has 1 heterocycles. The monoisotopic (exact) mass is 510 g/mol. The minimum Gasteiger partial charge on any atom is -0.356 e. The van der Waals surface area contributed by atoms with Gasteiger partial charge in [-0.25, -0.2) is 0 Å². The van der Waals surface area contributed by atoms with Crippen LogP contribution in [0.4, 0.5) is 0 Å². The molecule has 5 atom stereocenters. The molecular weight excluding hydrogens is 472 g/mol. The van der Waals surface area contributed by atoms with E-state index in [2.05, 4.69) is 21.3 Å². The molecule has 1 saturated heterocycles. The molecule has 37 heavy (non-hydrogen) atoms. The van der Waals surface area contributed by atoms with Crippen LogP contribution in [0.25, 0.3) is 0 Å². The Morgan fingerprint density at radius 3 is 2.30 bits per heavy atom. The third-order valence-corrected chi connectivity index (χ3v) is 7.26. The summed E-state index contributed by atoms with van der Waals surface area (Å²) in [7, 11) is 0. The molecule has 1 aromatic rings. The lowest BCUT2D eigenvalue weighted by Crippen LogP contribution is -2.55. The van der Waals surface area contributed by atoms with Crippen LogP contribution in [-0.2, 0) is 24.0 Å². The van der Waals surface area contributed by atoms with E-state index in [1.807, 2.05) is 51.1 Å². The van der Waals surface area contributed by atoms with Gasteiger partial charge >= 0.3 is 0 Å². The molecule has 4 rings (SSSR count). The Labute approximate surface area is 217 Å². The molecule has 4 amide bonds. The maximum absolute atomic E-state index is 13.5. The molecule has 3 fully saturated rings. The zero-order valence-electron chi connectivity index (χ0n) is 21.8. The van der Waals surface area contributed by atoms with E-state index >= 15 is 0 Å². The van der Waals surface area contributed by atoms with Crippen molar-refractivity contribution in [1.82, 2.24) is 21.3 Å². The van der Waals surface area contributed by atoms with Crippen LogP contribution in [0.2, 0.25) is 0 Å². The van der Waals surface area contributed by atoms with E-state index < -0.39 is 35.6 Å². The molecule has 0 radical (unpaired) electrons. The predicted molar refractivity (Wildman–Crippen MR) is 137 cm³/mol. The SMILES string of the molecule is CC(C)(C)C[C@H](NC(=O)[C@@H]1C[C@H]1c1ccccc1)C(=O)NC(CC1CCNC1=O)C(=O)C(=O)NC1CC1. The molecule has 2 aliphatic carbocycles. The van der Waals surface area contributed by atoms with E-state index in [4.69, 9.17) is 0 Å². The van der Waals surface area contributed by atoms with Gasteiger partial charge in [-0.3, -0.25) is 24.0 Å². The highest BCUT2D eigenvalue weighted by atomic mass is 16.2. The van der Waals surface area contributed by atoms with Gasteiger partial charge in [-0.05, 0) is 55.4 Å². The number of Topliss-reactive ketones (excluding diaryl/α,β-unsaturated/α-hetero) is 1. The van der Waals surface area contributed by atoms with Gasteiger partial charge in [0.15, 0.2) is 0 Å². The highest BCUT2D eigenvalue weighted by molar-refractivity contribution is 6.38. The molecule has 1 aliphatic heterocycles. The van der Waals surface area contributed by atoms with Gasteiger partial charge < -0.3 is 21.3 Å². The van der Waals surface area contributed by atoms with Gasteiger partial charge in [0.25, 0.3) is 5.91 Å². The normalized spacial score (nSPS) is 24.4. The highest BCUT2D eigenvalue weighted by Crippen LogP contribution is 2.47. The summed E-state index contributed by atoms with van der Waals surface area (Å²) in [4.78, 5) is 64.3. The van der Waals surface area contributed by atoms with Crippen molar-refractivity contribution in [2.45, 2.75) is 83.3 Å². The quantitative estimate of drug-likeness (QED) is 0.336. The number of benzene rings is 1. The lowest BCUT2D eigenvalue weighted by molar-refractivity contribution is -0.141. The predicted octanol–water partition coefficient (Wildman–Crippen LogP) is 1.57. The highest BCUT2D eigenvalue weighted by Gasteiger charge is 2.45. The Morgan fingerprint density at radius 2 is 1.70 bits per heavy atom. The molecule has 2 saturated carbocycles. The number of amides is 4. The molecule has 200 valence electrons. The van der Waals surface area contributed by atoms with Crippen molar-refractivity contribution in [3.63, 3.8) is 0 Å². The van der Waals surface area contributed by atoms with Gasteiger partial charge in [0.2, 0.25) is 23.5 Å². The number of hydrogen-bond donors (Lipinski definition) is 4. The molecule has 2 unspecified atom stereocenters. The first kappa shape index (κ1) is 26.8. The van der Waals surface area contributed by atoms with Gasteiger partial charge in [0.1, 0.15) is 6.04 Å². The standard InChI is InChI=1S/C28H38N4O5/c1-28(2,3)15-22(32-25(35)20-14-19(20)16-7-5-4-6-8-16)26(36)31-21(13-17-11-12-29-24(17)34)23(33)27(37)30-18-9-10-18/h4-8,17-22H,9-15H2,1-3H3,(H,29,34)(H,30,37)(H,31,36)(H,32,35)/t17?,19-,20+,21?,22-/m0/s1. The van der Waals surface area contributed by atoms with Crippen LogP contribution in [0.3, 0.4) is 0 Å². The first-order valence-corrected chi connectivity index (χ1v) is 13.3. The number of nitrogens with one attached hydrogen (secondary N) is 4. The number of carbonyl (C=O) groups excluding carboxylic acids is 5. The fourth-order valence-corrected chi connectivity index (χ4v) is 4.95. The van der Waals surface area contributed by atoms with Gasteiger partial charge in [0.05, 0.1) is 6.04 Å². The summed E-state index contributed by atoms with van der Waals surface area (Å²) in [5, 5.41) is 11.0. The summed E-state index contributed by atoms with van der Waals surface area (Å²) in [5.41, 5.74) is 0.813. The second-order valence-electron chi connectivity index (χ2n) is 11.9. The van der Waals surface area contributed by atoms with E-state index in [1.165, 1.54) is 0 Å². The summed E-state index contributed by atoms with van der Waals surface area (Å²) in [6, 6.07) is 7.80. The van der Waals surface area contributed by atoms with Crippen molar-refractivity contribution in [3.05, 3.63) is 35.9 Å². The van der Waals surface area contributed by atoms with Crippen molar-refractivity contribution >= 4 is 29.4 Å². The lowest BCUT2D eigenvalue weighted by Gasteiger charge is -2.28. The molecule has 9 heteroatoms. The van der Waals surface area contributed by atoms with Crippen molar-refractivity contribution in [2.75, 3.05) is 6.54 Å². The Balaban J connectivity index is 1.44. The van der Waals surface area contributed by atoms with Gasteiger partial charge in [-0.15, -0.1) is 0 Å². The molecule has 0 bridgehead atoms. The summed E-state index contributed by atoms with van der Waals surface area (Å²) in [6.07, 6.45) is 3.31. The molecule has 3 aliphatic rings. The maximum atomic E-state index is 13.5. The average molecular weight is 511 g/mol. The van der Waals surface area contributed by atoms with E-state index in [0.717, 1.165) is 24.8 Å². The first-order chi connectivity index (χ1) is 17.5. The van der Waals surface area contributed by atoms with Gasteiger partial charge in [-0.2, -0.15) is 0 Å². The Kier molecular flexibility index (Phi) is 7.99. The minimum absolute atomic E-state index is 0.00777. The molecule has 1 aromatic carbocycles. The van der Waals surface area contributed by atoms with Crippen LogP contribution in [0.1, 0.15) is 70.8 Å². The molecule has 4 N–H and O–H groups in total. The summed E-state index contributed by atoms with van der Waals surface area (Å²) >= 11 is 0. The topological polar surface area (TPSA) is 133 Å². The summed E-state index contributed by atoms with van der Waals surface area (Å²) < 4.78 is 0. The molecule has 9 nitrogen and oxygen atoms in total. The minimum atomic E-state index is -1.14. The van der Waals surface area contributed by atoms with Crippen molar-refractivity contribution in [3.8, 4) is 0 Å². The largest absolute Gasteiger partial charge is 0.356 e. The van der Waals surface area contributed by atoms with Gasteiger partial charge in [-0.1, -0.05) is 51.1 Å². The molecular formula is C28H38N4O5. The Bertz CT molecular complexity index is 1050. The average Bonchev–Trinajstić information content (AvgIpc) is 3.77. The number of ketones is 1. The van der Waals surface area contributed by atoms with Gasteiger partial charge in [0, 0.05) is 24.4 Å². The fourth-order valence-electron chi connectivity index (χ4n) is 4.95. The van der Waals surface area contributed by atoms with Crippen LogP contribution in [0.5, 0.6) is 0 Å². The Hall–Kier alpha value is -3.23. The summed E-state index contributed by atoms with van der Waals surface area (Å²) in [6.45, 7) is 6.41. The molecule has 0 aromatic heterocycles. The van der Waals surface area contributed by atoms with E-state index in [9.17, 15) is 24.0 Å². The van der Waals surface area contributed by atoms with E-state index in [-0.39, 0.29) is 41.5 Å². The van der Waals surface area contributed by atoms with Crippen LogP contribution in [0.15, 0.2) is 30.3 Å². The number of hydrogen-bond acceptors (Lipinski definition) is 5. The van der Waals surface area contributed by atoms with Crippen molar-refractivity contribution in [2.24, 2.45) is 17.3 Å². The zero-order chi connectivity index (χ0) is 26.7. The summed E-state index contributed by atoms with van der Waals surface area (Å²) in [5.74, 6) is -2.94. The molecule has 0 spiro atoms. The fraction of sp³-hybridized carbons (Fsp3) is 0.607. The second-order valence-corrected chi connectivity index (χ2v) is 11.9. The van der Waals surface area contributed by atoms with Crippen molar-refractivity contribution in [1.29, 1.82) is 0 Å². The zero-order valence-corrected chi connectivity index (χ0v) is 21.8. The maximum Gasteiger partial charge on any atom is 0.289 e. The lowest BCUT2D eigenvalue weighted by atomic mass is 9.87.